The zero-order valence-corrected chi connectivity index (χ0v) is 12.4. The van der Waals surface area contributed by atoms with Crippen molar-refractivity contribution in [3.05, 3.63) is 30.1 Å². The molecular formula is C15H19N3OS. The Labute approximate surface area is 122 Å². The maximum Gasteiger partial charge on any atom is 0.223 e. The van der Waals surface area contributed by atoms with Crippen molar-refractivity contribution in [2.75, 3.05) is 12.0 Å². The molecule has 0 aliphatic heterocycles. The fourth-order valence-electron chi connectivity index (χ4n) is 2.29. The number of amides is 1. The molecule has 1 fully saturated rings. The predicted octanol–water partition coefficient (Wildman–Crippen LogP) is 2.88. The van der Waals surface area contributed by atoms with E-state index >= 15 is 0 Å². The van der Waals surface area contributed by atoms with Crippen LogP contribution in [0.15, 0.2) is 24.3 Å². The standard InChI is InChI=1S/C15H19N3OS/c1-20-9-8-13(18-15(19)10-6-7-10)14-16-11-4-2-3-5-12(11)17-14/h2-5,10,13H,6-9H2,1H3,(H,16,17)(H,18,19)/t13-/m0/s1. The van der Waals surface area contributed by atoms with Gasteiger partial charge in [0, 0.05) is 5.92 Å². The van der Waals surface area contributed by atoms with Gasteiger partial charge in [-0.1, -0.05) is 12.1 Å². The Morgan fingerprint density at radius 1 is 1.50 bits per heavy atom. The molecule has 106 valence electrons. The van der Waals surface area contributed by atoms with E-state index in [1.54, 1.807) is 11.8 Å². The Morgan fingerprint density at radius 2 is 2.30 bits per heavy atom. The zero-order valence-electron chi connectivity index (χ0n) is 11.6. The number of nitrogens with zero attached hydrogens (tertiary/aromatic N) is 1. The van der Waals surface area contributed by atoms with E-state index < -0.39 is 0 Å². The molecule has 1 amide bonds. The molecule has 1 heterocycles. The van der Waals surface area contributed by atoms with Gasteiger partial charge >= 0.3 is 0 Å². The Kier molecular flexibility index (Phi) is 3.96. The van der Waals surface area contributed by atoms with Crippen LogP contribution in [0.4, 0.5) is 0 Å². The summed E-state index contributed by atoms with van der Waals surface area (Å²) in [5.41, 5.74) is 1.98. The highest BCUT2D eigenvalue weighted by molar-refractivity contribution is 7.98. The lowest BCUT2D eigenvalue weighted by atomic mass is 10.2. The quantitative estimate of drug-likeness (QED) is 0.859. The summed E-state index contributed by atoms with van der Waals surface area (Å²) in [5, 5.41) is 3.14. The van der Waals surface area contributed by atoms with Crippen molar-refractivity contribution in [3.8, 4) is 0 Å². The molecule has 0 bridgehead atoms. The largest absolute Gasteiger partial charge is 0.346 e. The first-order valence-corrected chi connectivity index (χ1v) is 8.41. The molecule has 2 aromatic rings. The molecule has 4 nitrogen and oxygen atoms in total. The first-order chi connectivity index (χ1) is 9.78. The summed E-state index contributed by atoms with van der Waals surface area (Å²) in [5.74, 6) is 2.29. The van der Waals surface area contributed by atoms with Gasteiger partial charge in [0.1, 0.15) is 5.82 Å². The Morgan fingerprint density at radius 3 is 3.00 bits per heavy atom. The van der Waals surface area contributed by atoms with Crippen LogP contribution in [0, 0.1) is 5.92 Å². The summed E-state index contributed by atoms with van der Waals surface area (Å²) in [4.78, 5) is 20.0. The lowest BCUT2D eigenvalue weighted by Crippen LogP contribution is -2.30. The van der Waals surface area contributed by atoms with Crippen molar-refractivity contribution >= 4 is 28.7 Å². The van der Waals surface area contributed by atoms with Crippen LogP contribution in [0.3, 0.4) is 0 Å². The summed E-state index contributed by atoms with van der Waals surface area (Å²) in [7, 11) is 0. The van der Waals surface area contributed by atoms with E-state index in [2.05, 4.69) is 21.5 Å². The van der Waals surface area contributed by atoms with Crippen molar-refractivity contribution in [2.45, 2.75) is 25.3 Å². The van der Waals surface area contributed by atoms with E-state index in [1.807, 2.05) is 24.3 Å². The van der Waals surface area contributed by atoms with E-state index in [9.17, 15) is 4.79 Å². The molecule has 3 rings (SSSR count). The minimum atomic E-state index is -0.0112. The maximum atomic E-state index is 12.0. The third-order valence-electron chi connectivity index (χ3n) is 3.61. The number of aromatic amines is 1. The highest BCUT2D eigenvalue weighted by Gasteiger charge is 2.31. The number of carbonyl (C=O) groups is 1. The summed E-state index contributed by atoms with van der Waals surface area (Å²) >= 11 is 1.79. The first kappa shape index (κ1) is 13.5. The van der Waals surface area contributed by atoms with E-state index in [1.165, 1.54) is 0 Å². The molecule has 0 unspecified atom stereocenters. The molecule has 0 spiro atoms. The van der Waals surface area contributed by atoms with Crippen LogP contribution in [0.1, 0.15) is 31.1 Å². The minimum Gasteiger partial charge on any atom is -0.346 e. The van der Waals surface area contributed by atoms with Crippen LogP contribution >= 0.6 is 11.8 Å². The fourth-order valence-corrected chi connectivity index (χ4v) is 2.76. The number of rotatable bonds is 6. The molecule has 20 heavy (non-hydrogen) atoms. The molecule has 1 aliphatic rings. The van der Waals surface area contributed by atoms with Crippen molar-refractivity contribution in [1.29, 1.82) is 0 Å². The Balaban J connectivity index is 1.80. The maximum absolute atomic E-state index is 12.0. The number of benzene rings is 1. The van der Waals surface area contributed by atoms with Crippen LogP contribution in [0.2, 0.25) is 0 Å². The Bertz CT molecular complexity index is 573. The molecule has 1 saturated carbocycles. The number of para-hydroxylation sites is 2. The molecule has 0 radical (unpaired) electrons. The second kappa shape index (κ2) is 5.87. The van der Waals surface area contributed by atoms with Gasteiger partial charge in [0.05, 0.1) is 17.1 Å². The van der Waals surface area contributed by atoms with Crippen LogP contribution in [0.25, 0.3) is 11.0 Å². The number of hydrogen-bond acceptors (Lipinski definition) is 3. The van der Waals surface area contributed by atoms with Gasteiger partial charge < -0.3 is 10.3 Å². The highest BCUT2D eigenvalue weighted by atomic mass is 32.2. The van der Waals surface area contributed by atoms with Crippen LogP contribution in [-0.4, -0.2) is 27.9 Å². The second-order valence-electron chi connectivity index (χ2n) is 5.26. The molecule has 5 heteroatoms. The van der Waals surface area contributed by atoms with Crippen molar-refractivity contribution in [2.24, 2.45) is 5.92 Å². The summed E-state index contributed by atoms with van der Waals surface area (Å²) in [6.07, 6.45) is 5.04. The number of carbonyl (C=O) groups excluding carboxylic acids is 1. The molecule has 1 atom stereocenters. The summed E-state index contributed by atoms with van der Waals surface area (Å²) in [6, 6.07) is 7.96. The van der Waals surface area contributed by atoms with E-state index in [0.29, 0.717) is 0 Å². The average molecular weight is 289 g/mol. The van der Waals surface area contributed by atoms with Crippen molar-refractivity contribution in [3.63, 3.8) is 0 Å². The summed E-state index contributed by atoms with van der Waals surface area (Å²) in [6.45, 7) is 0. The van der Waals surface area contributed by atoms with Gasteiger partial charge in [0.15, 0.2) is 0 Å². The van der Waals surface area contributed by atoms with Crippen LogP contribution < -0.4 is 5.32 Å². The normalized spacial score (nSPS) is 16.2. The van der Waals surface area contributed by atoms with Gasteiger partial charge in [0.25, 0.3) is 0 Å². The van der Waals surface area contributed by atoms with Crippen molar-refractivity contribution < 1.29 is 4.79 Å². The Hall–Kier alpha value is -1.49. The molecule has 1 aliphatic carbocycles. The van der Waals surface area contributed by atoms with Gasteiger partial charge in [0.2, 0.25) is 5.91 Å². The molecule has 1 aromatic heterocycles. The van der Waals surface area contributed by atoms with Crippen LogP contribution in [-0.2, 0) is 4.79 Å². The van der Waals surface area contributed by atoms with Gasteiger partial charge in [-0.25, -0.2) is 4.98 Å². The third kappa shape index (κ3) is 2.98. The topological polar surface area (TPSA) is 57.8 Å². The van der Waals surface area contributed by atoms with Crippen molar-refractivity contribution in [1.82, 2.24) is 15.3 Å². The second-order valence-corrected chi connectivity index (χ2v) is 6.24. The smallest absolute Gasteiger partial charge is 0.223 e. The van der Waals surface area contributed by atoms with E-state index in [0.717, 1.165) is 41.9 Å². The fraction of sp³-hybridized carbons (Fsp3) is 0.467. The van der Waals surface area contributed by atoms with Gasteiger partial charge in [-0.05, 0) is 43.4 Å². The SMILES string of the molecule is CSCC[C@H](NC(=O)C1CC1)c1nc2ccccc2[nH]1. The summed E-state index contributed by atoms with van der Waals surface area (Å²) < 4.78 is 0. The minimum absolute atomic E-state index is 0.0112. The first-order valence-electron chi connectivity index (χ1n) is 7.02. The van der Waals surface area contributed by atoms with E-state index in [4.69, 9.17) is 0 Å². The number of hydrogen-bond donors (Lipinski definition) is 2. The lowest BCUT2D eigenvalue weighted by molar-refractivity contribution is -0.123. The highest BCUT2D eigenvalue weighted by Crippen LogP contribution is 2.30. The van der Waals surface area contributed by atoms with Gasteiger partial charge in [-0.3, -0.25) is 4.79 Å². The number of H-pyrrole nitrogens is 1. The van der Waals surface area contributed by atoms with Gasteiger partial charge in [-0.15, -0.1) is 0 Å². The number of aromatic nitrogens is 2. The monoisotopic (exact) mass is 289 g/mol. The number of thioether (sulfide) groups is 1. The van der Waals surface area contributed by atoms with Crippen LogP contribution in [0.5, 0.6) is 0 Å². The number of nitrogens with one attached hydrogen (secondary N) is 2. The van der Waals surface area contributed by atoms with Gasteiger partial charge in [-0.2, -0.15) is 11.8 Å². The average Bonchev–Trinajstić information content (AvgIpc) is 3.22. The lowest BCUT2D eigenvalue weighted by Gasteiger charge is -2.16. The predicted molar refractivity (Wildman–Crippen MR) is 82.7 cm³/mol. The molecular weight excluding hydrogens is 270 g/mol. The third-order valence-corrected chi connectivity index (χ3v) is 4.26. The zero-order chi connectivity index (χ0) is 13.9. The molecule has 0 saturated heterocycles. The number of imidazole rings is 1. The number of fused-ring (bicyclic) bond motifs is 1. The molecule has 2 N–H and O–H groups in total. The molecule has 1 aromatic carbocycles. The van der Waals surface area contributed by atoms with E-state index in [-0.39, 0.29) is 17.9 Å².